The molecular weight excluding hydrogens is 243 g/mol. The van der Waals surface area contributed by atoms with E-state index < -0.39 is 0 Å². The minimum Gasteiger partial charge on any atom is -0.496 e. The van der Waals surface area contributed by atoms with Crippen LogP contribution in [0.5, 0.6) is 5.75 Å². The van der Waals surface area contributed by atoms with E-state index in [0.29, 0.717) is 11.3 Å². The number of methoxy groups -OCH3 is 1. The standard InChI is InChI=1S/C8H11NO.C7H8FN/c1-6-3-4-7(9)5-8(6)10-2;1-5-2-3-6(9)4-7(5)8/h3-5H,9H2,1-2H3;2-4H,9H2,1H3. The number of rotatable bonds is 1. The number of hydrogen-bond donors (Lipinski definition) is 2. The number of anilines is 2. The van der Waals surface area contributed by atoms with Crippen LogP contribution >= 0.6 is 0 Å². The summed E-state index contributed by atoms with van der Waals surface area (Å²) in [5.41, 5.74) is 13.8. The number of ether oxygens (including phenoxy) is 1. The summed E-state index contributed by atoms with van der Waals surface area (Å²) in [5, 5.41) is 0. The highest BCUT2D eigenvalue weighted by atomic mass is 19.1. The Balaban J connectivity index is 0.000000191. The molecule has 2 aromatic carbocycles. The lowest BCUT2D eigenvalue weighted by molar-refractivity contribution is 0.412. The third-order valence-electron chi connectivity index (χ3n) is 2.63. The minimum atomic E-state index is -0.241. The molecule has 0 aliphatic carbocycles. The van der Waals surface area contributed by atoms with Crippen molar-refractivity contribution < 1.29 is 9.13 Å². The van der Waals surface area contributed by atoms with Crippen molar-refractivity contribution in [2.24, 2.45) is 0 Å². The van der Waals surface area contributed by atoms with E-state index in [1.807, 2.05) is 25.1 Å². The van der Waals surface area contributed by atoms with E-state index in [-0.39, 0.29) is 5.82 Å². The molecule has 0 aliphatic heterocycles. The SMILES string of the molecule is COc1cc(N)ccc1C.Cc1ccc(N)cc1F. The smallest absolute Gasteiger partial charge is 0.128 e. The van der Waals surface area contributed by atoms with Crippen LogP contribution in [-0.2, 0) is 0 Å². The fourth-order valence-corrected chi connectivity index (χ4v) is 1.45. The van der Waals surface area contributed by atoms with Crippen LogP contribution in [0.3, 0.4) is 0 Å². The first kappa shape index (κ1) is 14.8. The average Bonchev–Trinajstić information content (AvgIpc) is 2.38. The molecule has 3 nitrogen and oxygen atoms in total. The van der Waals surface area contributed by atoms with Crippen molar-refractivity contribution in [2.45, 2.75) is 13.8 Å². The van der Waals surface area contributed by atoms with Gasteiger partial charge in [-0.05, 0) is 43.2 Å². The molecule has 0 aromatic heterocycles. The first-order chi connectivity index (χ1) is 8.93. The lowest BCUT2D eigenvalue weighted by atomic mass is 10.2. The van der Waals surface area contributed by atoms with Crippen molar-refractivity contribution in [3.05, 3.63) is 53.3 Å². The summed E-state index contributed by atoms with van der Waals surface area (Å²) in [6.07, 6.45) is 0. The Morgan fingerprint density at radius 1 is 0.895 bits per heavy atom. The van der Waals surface area contributed by atoms with Gasteiger partial charge in [-0.2, -0.15) is 0 Å². The third-order valence-corrected chi connectivity index (χ3v) is 2.63. The van der Waals surface area contributed by atoms with E-state index in [9.17, 15) is 4.39 Å². The van der Waals surface area contributed by atoms with Gasteiger partial charge >= 0.3 is 0 Å². The van der Waals surface area contributed by atoms with Crippen LogP contribution in [0.15, 0.2) is 36.4 Å². The van der Waals surface area contributed by atoms with Gasteiger partial charge in [-0.25, -0.2) is 4.39 Å². The lowest BCUT2D eigenvalue weighted by Gasteiger charge is -2.03. The van der Waals surface area contributed by atoms with Gasteiger partial charge < -0.3 is 16.2 Å². The zero-order valence-electron chi connectivity index (χ0n) is 11.4. The predicted molar refractivity (Wildman–Crippen MR) is 77.7 cm³/mol. The van der Waals surface area contributed by atoms with Crippen molar-refractivity contribution in [3.63, 3.8) is 0 Å². The molecule has 102 valence electrons. The Morgan fingerprint density at radius 2 is 1.42 bits per heavy atom. The molecule has 4 heteroatoms. The number of nitrogens with two attached hydrogens (primary N) is 2. The molecule has 0 heterocycles. The van der Waals surface area contributed by atoms with Gasteiger partial charge in [-0.15, -0.1) is 0 Å². The predicted octanol–water partition coefficient (Wildman–Crippen LogP) is 3.30. The quantitative estimate of drug-likeness (QED) is 0.775. The molecule has 4 N–H and O–H groups in total. The van der Waals surface area contributed by atoms with E-state index in [4.69, 9.17) is 16.2 Å². The summed E-state index contributed by atoms with van der Waals surface area (Å²) in [6.45, 7) is 3.69. The molecule has 0 saturated heterocycles. The maximum atomic E-state index is 12.5. The topological polar surface area (TPSA) is 61.3 Å². The average molecular weight is 262 g/mol. The normalized spacial score (nSPS) is 9.47. The van der Waals surface area contributed by atoms with Crippen molar-refractivity contribution in [3.8, 4) is 5.75 Å². The molecule has 0 amide bonds. The first-order valence-corrected chi connectivity index (χ1v) is 5.85. The van der Waals surface area contributed by atoms with Crippen LogP contribution in [-0.4, -0.2) is 7.11 Å². The summed E-state index contributed by atoms with van der Waals surface area (Å²) in [6, 6.07) is 10.3. The maximum Gasteiger partial charge on any atom is 0.128 e. The van der Waals surface area contributed by atoms with E-state index in [1.54, 1.807) is 26.2 Å². The minimum absolute atomic E-state index is 0.241. The van der Waals surface area contributed by atoms with Gasteiger partial charge in [0.1, 0.15) is 11.6 Å². The van der Waals surface area contributed by atoms with E-state index >= 15 is 0 Å². The van der Waals surface area contributed by atoms with Crippen molar-refractivity contribution in [1.82, 2.24) is 0 Å². The summed E-state index contributed by atoms with van der Waals surface area (Å²) in [4.78, 5) is 0. The van der Waals surface area contributed by atoms with Crippen LogP contribution in [0, 0.1) is 19.7 Å². The highest BCUT2D eigenvalue weighted by Gasteiger charge is 1.95. The molecule has 0 unspecified atom stereocenters. The van der Waals surface area contributed by atoms with E-state index in [0.717, 1.165) is 17.0 Å². The molecule has 0 saturated carbocycles. The van der Waals surface area contributed by atoms with Crippen molar-refractivity contribution in [2.75, 3.05) is 18.6 Å². The highest BCUT2D eigenvalue weighted by Crippen LogP contribution is 2.19. The monoisotopic (exact) mass is 262 g/mol. The zero-order valence-corrected chi connectivity index (χ0v) is 11.4. The fraction of sp³-hybridized carbons (Fsp3) is 0.200. The van der Waals surface area contributed by atoms with Gasteiger partial charge in [-0.1, -0.05) is 12.1 Å². The second-order valence-electron chi connectivity index (χ2n) is 4.24. The number of nitrogen functional groups attached to an aromatic ring is 2. The largest absolute Gasteiger partial charge is 0.496 e. The summed E-state index contributed by atoms with van der Waals surface area (Å²) < 4.78 is 17.5. The maximum absolute atomic E-state index is 12.5. The van der Waals surface area contributed by atoms with Gasteiger partial charge in [0, 0.05) is 17.4 Å². The number of hydrogen-bond acceptors (Lipinski definition) is 3. The van der Waals surface area contributed by atoms with Gasteiger partial charge in [0.2, 0.25) is 0 Å². The van der Waals surface area contributed by atoms with Gasteiger partial charge in [0.25, 0.3) is 0 Å². The molecule has 19 heavy (non-hydrogen) atoms. The van der Waals surface area contributed by atoms with Crippen molar-refractivity contribution >= 4 is 11.4 Å². The lowest BCUT2D eigenvalue weighted by Crippen LogP contribution is -1.89. The van der Waals surface area contributed by atoms with E-state index in [2.05, 4.69) is 0 Å². The van der Waals surface area contributed by atoms with Crippen LogP contribution in [0.2, 0.25) is 0 Å². The molecular formula is C15H19FN2O. The Kier molecular flexibility index (Phi) is 5.18. The molecule has 0 radical (unpaired) electrons. The molecule has 0 spiro atoms. The molecule has 0 aliphatic rings. The molecule has 0 bridgehead atoms. The van der Waals surface area contributed by atoms with Gasteiger partial charge in [-0.3, -0.25) is 0 Å². The third kappa shape index (κ3) is 4.50. The molecule has 0 atom stereocenters. The Morgan fingerprint density at radius 3 is 1.84 bits per heavy atom. The summed E-state index contributed by atoms with van der Waals surface area (Å²) in [5.74, 6) is 0.606. The molecule has 2 rings (SSSR count). The van der Waals surface area contributed by atoms with Crippen LogP contribution in [0.25, 0.3) is 0 Å². The van der Waals surface area contributed by atoms with Crippen LogP contribution in [0.1, 0.15) is 11.1 Å². The van der Waals surface area contributed by atoms with Crippen LogP contribution in [0.4, 0.5) is 15.8 Å². The molecule has 2 aromatic rings. The highest BCUT2D eigenvalue weighted by molar-refractivity contribution is 5.47. The summed E-state index contributed by atoms with van der Waals surface area (Å²) >= 11 is 0. The second kappa shape index (κ2) is 6.64. The van der Waals surface area contributed by atoms with E-state index in [1.165, 1.54) is 6.07 Å². The Labute approximate surface area is 113 Å². The van der Waals surface area contributed by atoms with Crippen molar-refractivity contribution in [1.29, 1.82) is 0 Å². The first-order valence-electron chi connectivity index (χ1n) is 5.85. The van der Waals surface area contributed by atoms with Gasteiger partial charge in [0.05, 0.1) is 7.11 Å². The second-order valence-corrected chi connectivity index (χ2v) is 4.24. The fourth-order valence-electron chi connectivity index (χ4n) is 1.45. The summed E-state index contributed by atoms with van der Waals surface area (Å²) in [7, 11) is 1.64. The number of aryl methyl sites for hydroxylation is 2. The molecule has 0 fully saturated rings. The number of benzene rings is 2. The van der Waals surface area contributed by atoms with Gasteiger partial charge in [0.15, 0.2) is 0 Å². The Hall–Kier alpha value is -2.23. The van der Waals surface area contributed by atoms with Crippen LogP contribution < -0.4 is 16.2 Å². The number of halogens is 1. The Bertz CT molecular complexity index is 556. The zero-order chi connectivity index (χ0) is 14.4.